The van der Waals surface area contributed by atoms with Crippen molar-refractivity contribution in [2.24, 2.45) is 0 Å². The maximum Gasteiger partial charge on any atom is 0.236 e. The summed E-state index contributed by atoms with van der Waals surface area (Å²) in [4.78, 5) is 33.3. The lowest BCUT2D eigenvalue weighted by molar-refractivity contribution is -0.135. The Morgan fingerprint density at radius 2 is 1.73 bits per heavy atom. The first-order valence-corrected chi connectivity index (χ1v) is 13.7. The van der Waals surface area contributed by atoms with Gasteiger partial charge in [0.05, 0.1) is 29.0 Å². The summed E-state index contributed by atoms with van der Waals surface area (Å²) in [6, 6.07) is 12.8. The first kappa shape index (κ1) is 24.6. The zero-order chi connectivity index (χ0) is 27.4. The van der Waals surface area contributed by atoms with E-state index in [1.165, 1.54) is 18.5 Å². The number of nitrogens with zero attached hydrogens (tertiary/aromatic N) is 7. The number of hydrogen-bond donors (Lipinski definition) is 2. The van der Waals surface area contributed by atoms with E-state index < -0.39 is 0 Å². The van der Waals surface area contributed by atoms with Crippen LogP contribution in [0.15, 0.2) is 48.8 Å². The van der Waals surface area contributed by atoms with E-state index in [1.54, 1.807) is 12.1 Å². The van der Waals surface area contributed by atoms with E-state index in [1.807, 2.05) is 34.8 Å². The molecule has 0 atom stereocenters. The molecule has 0 bridgehead atoms. The van der Waals surface area contributed by atoms with Gasteiger partial charge in [0.2, 0.25) is 5.91 Å². The third-order valence-electron chi connectivity index (χ3n) is 8.41. The van der Waals surface area contributed by atoms with Crippen molar-refractivity contribution >= 4 is 33.8 Å². The Bertz CT molecular complexity index is 1720. The van der Waals surface area contributed by atoms with Gasteiger partial charge in [-0.25, -0.2) is 24.0 Å². The van der Waals surface area contributed by atoms with E-state index in [-0.39, 0.29) is 17.8 Å². The van der Waals surface area contributed by atoms with Crippen LogP contribution in [0.5, 0.6) is 0 Å². The molecule has 2 aromatic carbocycles. The molecule has 1 aliphatic heterocycles. The summed E-state index contributed by atoms with van der Waals surface area (Å²) in [5.74, 6) is 0.978. The highest BCUT2D eigenvalue weighted by Crippen LogP contribution is 2.37. The average Bonchev–Trinajstić information content (AvgIpc) is 3.57. The zero-order valence-electron chi connectivity index (χ0n) is 22.2. The molecule has 204 valence electrons. The fourth-order valence-corrected chi connectivity index (χ4v) is 6.11. The number of piperazine rings is 1. The molecule has 1 saturated heterocycles. The molecule has 2 fully saturated rings. The number of carbonyl (C=O) groups excluding carboxylic acids is 1. The summed E-state index contributed by atoms with van der Waals surface area (Å²) in [7, 11) is 1.87. The van der Waals surface area contributed by atoms with Crippen molar-refractivity contribution in [3.8, 4) is 22.6 Å². The lowest BCUT2D eigenvalue weighted by Crippen LogP contribution is -2.52. The Morgan fingerprint density at radius 1 is 0.975 bits per heavy atom. The molecule has 0 spiro atoms. The van der Waals surface area contributed by atoms with E-state index in [0.717, 1.165) is 77.7 Å². The number of imidazole rings is 1. The molecule has 0 radical (unpaired) electrons. The molecular weight excluding hydrogens is 509 g/mol. The van der Waals surface area contributed by atoms with Crippen molar-refractivity contribution in [3.05, 3.63) is 54.6 Å². The number of H-pyrrole nitrogens is 1. The number of likely N-dealkylation sites (N-methyl/N-ethyl adjacent to an activating group) is 1. The van der Waals surface area contributed by atoms with Crippen LogP contribution in [0, 0.1) is 5.82 Å². The predicted molar refractivity (Wildman–Crippen MR) is 151 cm³/mol. The summed E-state index contributed by atoms with van der Waals surface area (Å²) in [6.45, 7) is 2.21. The number of aromatic amines is 1. The summed E-state index contributed by atoms with van der Waals surface area (Å²) in [5, 5.41) is 5.81. The molecule has 10 nitrogen and oxygen atoms in total. The first-order valence-electron chi connectivity index (χ1n) is 13.7. The standard InChI is InChI=1S/C29H30FN9O/c1-37-12-13-38(15-24(37)40)20-7-9-21(10-8-20)39-29-25(27(31)32-16-33-29)26(36-39)18-4-11-22-23(14-18)35-28(34-22)17-2-5-19(30)6-3-17/h2-6,11,14,16,20-21H,7-10,12-13,15H2,1H3,(H,34,35)(H2,31,32,33). The van der Waals surface area contributed by atoms with Crippen LogP contribution in [-0.4, -0.2) is 78.1 Å². The number of nitrogens with one attached hydrogen (secondary N) is 1. The Kier molecular flexibility index (Phi) is 5.96. The van der Waals surface area contributed by atoms with Gasteiger partial charge < -0.3 is 15.6 Å². The van der Waals surface area contributed by atoms with E-state index >= 15 is 0 Å². The number of carbonyl (C=O) groups is 1. The molecule has 1 amide bonds. The Morgan fingerprint density at radius 3 is 2.50 bits per heavy atom. The SMILES string of the molecule is CN1CCN(C2CCC(n3nc(-c4ccc5nc(-c6ccc(F)cc6)[nH]c5c4)c4c(N)ncnc43)CC2)CC1=O. The van der Waals surface area contributed by atoms with Crippen molar-refractivity contribution in [2.75, 3.05) is 32.4 Å². The number of amides is 1. The molecule has 3 N–H and O–H groups in total. The smallest absolute Gasteiger partial charge is 0.236 e. The van der Waals surface area contributed by atoms with Crippen LogP contribution in [0.4, 0.5) is 10.2 Å². The summed E-state index contributed by atoms with van der Waals surface area (Å²) >= 11 is 0. The minimum atomic E-state index is -0.285. The minimum Gasteiger partial charge on any atom is -0.383 e. The van der Waals surface area contributed by atoms with Crippen LogP contribution in [-0.2, 0) is 4.79 Å². The van der Waals surface area contributed by atoms with Gasteiger partial charge in [0, 0.05) is 37.3 Å². The van der Waals surface area contributed by atoms with E-state index in [4.69, 9.17) is 10.8 Å². The largest absolute Gasteiger partial charge is 0.383 e. The highest BCUT2D eigenvalue weighted by Gasteiger charge is 2.32. The molecule has 2 aliphatic rings. The summed E-state index contributed by atoms with van der Waals surface area (Å²) in [6.07, 6.45) is 5.41. The number of benzene rings is 2. The number of nitrogens with two attached hydrogens (primary N) is 1. The van der Waals surface area contributed by atoms with Crippen LogP contribution < -0.4 is 5.73 Å². The van der Waals surface area contributed by atoms with Crippen molar-refractivity contribution in [3.63, 3.8) is 0 Å². The normalized spacial score (nSPS) is 20.6. The van der Waals surface area contributed by atoms with Crippen molar-refractivity contribution < 1.29 is 9.18 Å². The highest BCUT2D eigenvalue weighted by atomic mass is 19.1. The van der Waals surface area contributed by atoms with Gasteiger partial charge in [-0.2, -0.15) is 5.10 Å². The number of anilines is 1. The molecular formula is C29H30FN9O. The molecule has 1 aliphatic carbocycles. The Labute approximate surface area is 230 Å². The van der Waals surface area contributed by atoms with Gasteiger partial charge in [0.25, 0.3) is 0 Å². The molecule has 4 heterocycles. The molecule has 3 aromatic heterocycles. The fourth-order valence-electron chi connectivity index (χ4n) is 6.11. The Balaban J connectivity index is 1.19. The monoisotopic (exact) mass is 539 g/mol. The molecule has 5 aromatic rings. The number of hydrogen-bond acceptors (Lipinski definition) is 7. The molecule has 1 saturated carbocycles. The van der Waals surface area contributed by atoms with Crippen molar-refractivity contribution in [2.45, 2.75) is 37.8 Å². The lowest BCUT2D eigenvalue weighted by Gasteiger charge is -2.40. The maximum atomic E-state index is 13.4. The van der Waals surface area contributed by atoms with Crippen LogP contribution in [0.3, 0.4) is 0 Å². The van der Waals surface area contributed by atoms with Gasteiger partial charge in [-0.3, -0.25) is 9.69 Å². The first-order chi connectivity index (χ1) is 19.4. The number of halogens is 1. The molecule has 40 heavy (non-hydrogen) atoms. The number of aromatic nitrogens is 6. The van der Waals surface area contributed by atoms with Crippen molar-refractivity contribution in [1.29, 1.82) is 0 Å². The molecule has 7 rings (SSSR count). The van der Waals surface area contributed by atoms with E-state index in [2.05, 4.69) is 24.8 Å². The third kappa shape index (κ3) is 4.26. The summed E-state index contributed by atoms with van der Waals surface area (Å²) < 4.78 is 15.4. The van der Waals surface area contributed by atoms with Crippen molar-refractivity contribution in [1.82, 2.24) is 39.5 Å². The third-order valence-corrected chi connectivity index (χ3v) is 8.41. The van der Waals surface area contributed by atoms with Crippen LogP contribution in [0.2, 0.25) is 0 Å². The molecule has 0 unspecified atom stereocenters. The second-order valence-corrected chi connectivity index (χ2v) is 10.8. The van der Waals surface area contributed by atoms with Crippen LogP contribution in [0.25, 0.3) is 44.7 Å². The quantitative estimate of drug-likeness (QED) is 0.354. The number of rotatable bonds is 4. The molecule has 11 heteroatoms. The van der Waals surface area contributed by atoms with Gasteiger partial charge in [-0.05, 0) is 62.1 Å². The summed E-state index contributed by atoms with van der Waals surface area (Å²) in [5.41, 5.74) is 11.2. The van der Waals surface area contributed by atoms with Gasteiger partial charge in [0.15, 0.2) is 5.65 Å². The fraction of sp³-hybridized carbons (Fsp3) is 0.345. The topological polar surface area (TPSA) is 122 Å². The highest BCUT2D eigenvalue weighted by molar-refractivity contribution is 5.99. The maximum absolute atomic E-state index is 13.4. The Hall–Kier alpha value is -4.38. The number of nitrogen functional groups attached to an aromatic ring is 1. The van der Waals surface area contributed by atoms with Crippen LogP contribution >= 0.6 is 0 Å². The predicted octanol–water partition coefficient (Wildman–Crippen LogP) is 4.02. The van der Waals surface area contributed by atoms with E-state index in [9.17, 15) is 9.18 Å². The minimum absolute atomic E-state index is 0.186. The van der Waals surface area contributed by atoms with Gasteiger partial charge in [-0.15, -0.1) is 0 Å². The zero-order valence-corrected chi connectivity index (χ0v) is 22.2. The number of fused-ring (bicyclic) bond motifs is 2. The lowest BCUT2D eigenvalue weighted by atomic mass is 9.90. The van der Waals surface area contributed by atoms with Crippen LogP contribution in [0.1, 0.15) is 31.7 Å². The second-order valence-electron chi connectivity index (χ2n) is 10.8. The van der Waals surface area contributed by atoms with E-state index in [0.29, 0.717) is 24.2 Å². The van der Waals surface area contributed by atoms with Gasteiger partial charge >= 0.3 is 0 Å². The van der Waals surface area contributed by atoms with Gasteiger partial charge in [-0.1, -0.05) is 6.07 Å². The second kappa shape index (κ2) is 9.67. The average molecular weight is 540 g/mol. The van der Waals surface area contributed by atoms with Gasteiger partial charge in [0.1, 0.15) is 29.5 Å².